The molecule has 0 radical (unpaired) electrons. The summed E-state index contributed by atoms with van der Waals surface area (Å²) in [5.41, 5.74) is 0.683. The highest BCUT2D eigenvalue weighted by Gasteiger charge is 2.45. The summed E-state index contributed by atoms with van der Waals surface area (Å²) in [6.45, 7) is 0.0559. The SMILES string of the molecule is COc1ccc(CNC(=O)CN2C(=O)CC3(CCCC3)CC2=O)cc1OC. The van der Waals surface area contributed by atoms with Gasteiger partial charge in [0.1, 0.15) is 6.54 Å². The molecule has 1 aromatic rings. The fourth-order valence-corrected chi connectivity index (χ4v) is 4.08. The first-order chi connectivity index (χ1) is 13.0. The number of amides is 3. The van der Waals surface area contributed by atoms with Crippen molar-refractivity contribution in [3.8, 4) is 11.5 Å². The van der Waals surface area contributed by atoms with Crippen LogP contribution in [0.1, 0.15) is 44.1 Å². The van der Waals surface area contributed by atoms with Crippen LogP contribution in [0.15, 0.2) is 18.2 Å². The highest BCUT2D eigenvalue weighted by Crippen LogP contribution is 2.46. The van der Waals surface area contributed by atoms with Gasteiger partial charge >= 0.3 is 0 Å². The fourth-order valence-electron chi connectivity index (χ4n) is 4.08. The van der Waals surface area contributed by atoms with E-state index in [0.29, 0.717) is 24.3 Å². The molecule has 1 spiro atoms. The Hall–Kier alpha value is -2.57. The molecule has 1 aliphatic carbocycles. The minimum Gasteiger partial charge on any atom is -0.493 e. The number of hydrogen-bond donors (Lipinski definition) is 1. The first-order valence-corrected chi connectivity index (χ1v) is 9.27. The summed E-state index contributed by atoms with van der Waals surface area (Å²) in [5, 5.41) is 2.76. The number of benzene rings is 1. The van der Waals surface area contributed by atoms with Crippen molar-refractivity contribution >= 4 is 17.7 Å². The molecule has 1 saturated carbocycles. The fraction of sp³-hybridized carbons (Fsp3) is 0.550. The van der Waals surface area contributed by atoms with Crippen LogP contribution in [0.3, 0.4) is 0 Å². The minimum atomic E-state index is -0.353. The lowest BCUT2D eigenvalue weighted by Crippen LogP contribution is -2.50. The van der Waals surface area contributed by atoms with E-state index in [4.69, 9.17) is 9.47 Å². The van der Waals surface area contributed by atoms with E-state index < -0.39 is 0 Å². The van der Waals surface area contributed by atoms with Crippen molar-refractivity contribution in [1.29, 1.82) is 0 Å². The molecule has 2 fully saturated rings. The predicted molar refractivity (Wildman–Crippen MR) is 98.2 cm³/mol. The van der Waals surface area contributed by atoms with E-state index in [2.05, 4.69) is 5.32 Å². The largest absolute Gasteiger partial charge is 0.493 e. The van der Waals surface area contributed by atoms with E-state index in [-0.39, 0.29) is 36.2 Å². The van der Waals surface area contributed by atoms with Gasteiger partial charge in [-0.1, -0.05) is 18.9 Å². The van der Waals surface area contributed by atoms with Crippen molar-refractivity contribution in [3.05, 3.63) is 23.8 Å². The third-order valence-electron chi connectivity index (χ3n) is 5.56. The van der Waals surface area contributed by atoms with Gasteiger partial charge in [-0.15, -0.1) is 0 Å². The lowest BCUT2D eigenvalue weighted by atomic mass is 9.76. The van der Waals surface area contributed by atoms with Gasteiger partial charge in [0.25, 0.3) is 0 Å². The van der Waals surface area contributed by atoms with Gasteiger partial charge in [-0.25, -0.2) is 0 Å². The number of nitrogens with one attached hydrogen (secondary N) is 1. The molecule has 7 nitrogen and oxygen atoms in total. The van der Waals surface area contributed by atoms with Crippen LogP contribution in [0.2, 0.25) is 0 Å². The summed E-state index contributed by atoms with van der Waals surface area (Å²) < 4.78 is 10.4. The second kappa shape index (κ2) is 7.98. The molecule has 27 heavy (non-hydrogen) atoms. The number of likely N-dealkylation sites (tertiary alicyclic amines) is 1. The minimum absolute atomic E-state index is 0.152. The van der Waals surface area contributed by atoms with Gasteiger partial charge in [-0.3, -0.25) is 19.3 Å². The van der Waals surface area contributed by atoms with E-state index in [1.807, 2.05) is 6.07 Å². The normalized spacial score (nSPS) is 18.7. The Kier molecular flexibility index (Phi) is 5.68. The Labute approximate surface area is 159 Å². The molecule has 3 amide bonds. The van der Waals surface area contributed by atoms with Gasteiger partial charge in [0, 0.05) is 19.4 Å². The molecule has 1 aromatic carbocycles. The van der Waals surface area contributed by atoms with E-state index in [0.717, 1.165) is 36.1 Å². The van der Waals surface area contributed by atoms with Gasteiger partial charge in [-0.05, 0) is 36.0 Å². The van der Waals surface area contributed by atoms with E-state index in [1.165, 1.54) is 0 Å². The zero-order valence-electron chi connectivity index (χ0n) is 15.9. The molecular weight excluding hydrogens is 348 g/mol. The van der Waals surface area contributed by atoms with Crippen LogP contribution in [-0.2, 0) is 20.9 Å². The quantitative estimate of drug-likeness (QED) is 0.770. The van der Waals surface area contributed by atoms with Crippen molar-refractivity contribution in [2.24, 2.45) is 5.41 Å². The molecule has 1 aliphatic heterocycles. The molecule has 1 N–H and O–H groups in total. The molecule has 1 heterocycles. The average Bonchev–Trinajstić information content (AvgIpc) is 3.10. The number of rotatable bonds is 6. The zero-order chi connectivity index (χ0) is 19.4. The maximum Gasteiger partial charge on any atom is 0.240 e. The number of carbonyl (C=O) groups is 3. The van der Waals surface area contributed by atoms with Crippen LogP contribution in [0.4, 0.5) is 0 Å². The van der Waals surface area contributed by atoms with Crippen molar-refractivity contribution in [1.82, 2.24) is 10.2 Å². The van der Waals surface area contributed by atoms with Crippen molar-refractivity contribution in [2.75, 3.05) is 20.8 Å². The third-order valence-corrected chi connectivity index (χ3v) is 5.56. The van der Waals surface area contributed by atoms with Gasteiger partial charge in [0.15, 0.2) is 11.5 Å². The van der Waals surface area contributed by atoms with Crippen molar-refractivity contribution < 1.29 is 23.9 Å². The summed E-state index contributed by atoms with van der Waals surface area (Å²) in [6.07, 6.45) is 4.77. The number of nitrogens with zero attached hydrogens (tertiary/aromatic N) is 1. The second-order valence-electron chi connectivity index (χ2n) is 7.40. The van der Waals surface area contributed by atoms with Crippen LogP contribution in [0.25, 0.3) is 0 Å². The second-order valence-corrected chi connectivity index (χ2v) is 7.40. The summed E-state index contributed by atoms with van der Waals surface area (Å²) in [4.78, 5) is 38.2. The first-order valence-electron chi connectivity index (χ1n) is 9.27. The number of hydrogen-bond acceptors (Lipinski definition) is 5. The topological polar surface area (TPSA) is 84.9 Å². The van der Waals surface area contributed by atoms with Gasteiger partial charge < -0.3 is 14.8 Å². The Bertz CT molecular complexity index is 720. The number of ether oxygens (including phenoxy) is 2. The molecule has 0 aromatic heterocycles. The maximum atomic E-state index is 12.4. The van der Waals surface area contributed by atoms with E-state index >= 15 is 0 Å². The summed E-state index contributed by atoms with van der Waals surface area (Å²) in [6, 6.07) is 5.36. The molecule has 3 rings (SSSR count). The number of carbonyl (C=O) groups excluding carboxylic acids is 3. The highest BCUT2D eigenvalue weighted by molar-refractivity contribution is 6.01. The predicted octanol–water partition coefficient (Wildman–Crippen LogP) is 2.03. The molecule has 2 aliphatic rings. The number of imide groups is 1. The standard InChI is InChI=1S/C20H26N2O5/c1-26-15-6-5-14(9-16(15)27-2)12-21-17(23)13-22-18(24)10-20(11-19(22)25)7-3-4-8-20/h5-6,9H,3-4,7-8,10-13H2,1-2H3,(H,21,23). The van der Waals surface area contributed by atoms with Crippen molar-refractivity contribution in [2.45, 2.75) is 45.1 Å². The number of piperidine rings is 1. The molecule has 146 valence electrons. The average molecular weight is 374 g/mol. The molecule has 0 atom stereocenters. The Morgan fingerprint density at radius 2 is 1.70 bits per heavy atom. The monoisotopic (exact) mass is 374 g/mol. The number of methoxy groups -OCH3 is 2. The van der Waals surface area contributed by atoms with Crippen LogP contribution < -0.4 is 14.8 Å². The van der Waals surface area contributed by atoms with E-state index in [9.17, 15) is 14.4 Å². The van der Waals surface area contributed by atoms with Crippen LogP contribution >= 0.6 is 0 Å². The Balaban J connectivity index is 1.55. The van der Waals surface area contributed by atoms with Gasteiger partial charge in [0.2, 0.25) is 17.7 Å². The lowest BCUT2D eigenvalue weighted by molar-refractivity contribution is -0.155. The van der Waals surface area contributed by atoms with Crippen LogP contribution in [0, 0.1) is 5.41 Å². The molecule has 0 bridgehead atoms. The Morgan fingerprint density at radius 1 is 1.07 bits per heavy atom. The zero-order valence-corrected chi connectivity index (χ0v) is 15.9. The summed E-state index contributed by atoms with van der Waals surface area (Å²) in [5.74, 6) is 0.378. The van der Waals surface area contributed by atoms with Crippen LogP contribution in [-0.4, -0.2) is 43.4 Å². The molecule has 7 heteroatoms. The lowest BCUT2D eigenvalue weighted by Gasteiger charge is -2.36. The van der Waals surface area contributed by atoms with Gasteiger partial charge in [-0.2, -0.15) is 0 Å². The Morgan fingerprint density at radius 3 is 2.30 bits per heavy atom. The molecular formula is C20H26N2O5. The smallest absolute Gasteiger partial charge is 0.240 e. The molecule has 0 unspecified atom stereocenters. The van der Waals surface area contributed by atoms with Crippen molar-refractivity contribution in [3.63, 3.8) is 0 Å². The third kappa shape index (κ3) is 4.23. The molecule has 1 saturated heterocycles. The first kappa shape index (κ1) is 19.2. The van der Waals surface area contributed by atoms with Gasteiger partial charge in [0.05, 0.1) is 14.2 Å². The van der Waals surface area contributed by atoms with E-state index in [1.54, 1.807) is 26.4 Å². The van der Waals surface area contributed by atoms with Crippen LogP contribution in [0.5, 0.6) is 11.5 Å². The summed E-state index contributed by atoms with van der Waals surface area (Å²) >= 11 is 0. The highest BCUT2D eigenvalue weighted by atomic mass is 16.5. The summed E-state index contributed by atoms with van der Waals surface area (Å²) in [7, 11) is 3.10. The maximum absolute atomic E-state index is 12.4.